The molecule has 1 aliphatic heterocycles. The van der Waals surface area contributed by atoms with E-state index in [-0.39, 0.29) is 21.0 Å². The Labute approximate surface area is 216 Å². The number of hydrogen-bond acceptors (Lipinski definition) is 7. The zero-order chi connectivity index (χ0) is 25.1. The molecule has 0 amide bonds. The Morgan fingerprint density at radius 3 is 2.17 bits per heavy atom. The van der Waals surface area contributed by atoms with Crippen LogP contribution >= 0.6 is 11.6 Å². The van der Waals surface area contributed by atoms with E-state index in [4.69, 9.17) is 16.6 Å². The Morgan fingerprint density at radius 2 is 1.54 bits per heavy atom. The molecular weight excluding hydrogens is 462 g/mol. The van der Waals surface area contributed by atoms with Crippen LogP contribution in [0.3, 0.4) is 0 Å². The van der Waals surface area contributed by atoms with Crippen molar-refractivity contribution < 1.29 is 4.65 Å². The van der Waals surface area contributed by atoms with Crippen molar-refractivity contribution in [1.82, 2.24) is 20.3 Å². The lowest BCUT2D eigenvalue weighted by Gasteiger charge is -2.57. The van der Waals surface area contributed by atoms with Crippen LogP contribution in [-0.2, 0) is 0 Å². The van der Waals surface area contributed by atoms with E-state index in [0.717, 1.165) is 38.6 Å². The van der Waals surface area contributed by atoms with Crippen LogP contribution in [0, 0.1) is 5.21 Å². The first-order chi connectivity index (χ1) is 16.5. The van der Waals surface area contributed by atoms with Gasteiger partial charge in [-0.1, -0.05) is 38.5 Å². The van der Waals surface area contributed by atoms with E-state index in [2.05, 4.69) is 53.2 Å². The standard InChI is InChI=1S/C26H46ClN7O/c1-25(2)18-34(35,19-26(3,4)32-25)17-11-16-33(21-14-9-6-10-15-21)24-30-22(27)29-23(31-24)28-20-12-7-5-8-13-20/h20-21,32H,5-19H2,1-4H3,(H,28,29,30,31). The van der Waals surface area contributed by atoms with Gasteiger partial charge in [0.05, 0.1) is 30.7 Å². The normalized spacial score (nSPS) is 24.7. The first-order valence-electron chi connectivity index (χ1n) is 13.8. The zero-order valence-corrected chi connectivity index (χ0v) is 23.0. The lowest BCUT2D eigenvalue weighted by atomic mass is 9.90. The highest BCUT2D eigenvalue weighted by Gasteiger charge is 2.42. The number of nitrogens with zero attached hydrogens (tertiary/aromatic N) is 5. The highest BCUT2D eigenvalue weighted by Crippen LogP contribution is 2.30. The topological polar surface area (TPSA) is 89.0 Å². The minimum Gasteiger partial charge on any atom is -0.633 e. The zero-order valence-electron chi connectivity index (χ0n) is 22.3. The SMILES string of the molecule is CC1(C)C[N+]([O-])(CCCN(c2nc(Cl)nc(NC3CCCCC3)n2)C2CCCCC2)CC(C)(C)N1. The molecule has 9 heteroatoms. The number of quaternary nitrogens is 1. The molecule has 0 bridgehead atoms. The maximum atomic E-state index is 13.8. The summed E-state index contributed by atoms with van der Waals surface area (Å²) in [6, 6.07) is 0.795. The van der Waals surface area contributed by atoms with Gasteiger partial charge in [0.1, 0.15) is 0 Å². The Kier molecular flexibility index (Phi) is 8.46. The van der Waals surface area contributed by atoms with E-state index in [1.54, 1.807) is 0 Å². The molecule has 0 atom stereocenters. The smallest absolute Gasteiger partial charge is 0.231 e. The van der Waals surface area contributed by atoms with Crippen LogP contribution in [0.1, 0.15) is 98.3 Å². The second kappa shape index (κ2) is 11.0. The summed E-state index contributed by atoms with van der Waals surface area (Å²) in [5.41, 5.74) is -0.345. The van der Waals surface area contributed by atoms with Gasteiger partial charge >= 0.3 is 0 Å². The van der Waals surface area contributed by atoms with Gasteiger partial charge in [0.2, 0.25) is 17.2 Å². The maximum Gasteiger partial charge on any atom is 0.231 e. The van der Waals surface area contributed by atoms with E-state index in [1.165, 1.54) is 38.5 Å². The van der Waals surface area contributed by atoms with Gasteiger partial charge in [0.25, 0.3) is 0 Å². The van der Waals surface area contributed by atoms with Gasteiger partial charge in [-0.2, -0.15) is 15.0 Å². The third kappa shape index (κ3) is 7.63. The molecule has 1 saturated heterocycles. The third-order valence-corrected chi connectivity index (χ3v) is 7.98. The van der Waals surface area contributed by atoms with E-state index in [9.17, 15) is 5.21 Å². The molecule has 2 N–H and O–H groups in total. The molecular formula is C26H46ClN7O. The van der Waals surface area contributed by atoms with Crippen LogP contribution in [0.5, 0.6) is 0 Å². The molecule has 2 aliphatic carbocycles. The molecule has 0 unspecified atom stereocenters. The summed E-state index contributed by atoms with van der Waals surface area (Å²) >= 11 is 6.40. The van der Waals surface area contributed by atoms with Crippen LogP contribution in [0.25, 0.3) is 0 Å². The molecule has 0 radical (unpaired) electrons. The quantitative estimate of drug-likeness (QED) is 0.365. The number of piperazine rings is 1. The Morgan fingerprint density at radius 1 is 0.943 bits per heavy atom. The van der Waals surface area contributed by atoms with Gasteiger partial charge in [-0.25, -0.2) is 0 Å². The Bertz CT molecular complexity index is 821. The molecule has 1 aromatic rings. The maximum absolute atomic E-state index is 13.8. The molecule has 35 heavy (non-hydrogen) atoms. The first kappa shape index (κ1) is 26.8. The highest BCUT2D eigenvalue weighted by molar-refractivity contribution is 6.28. The number of hydroxylamine groups is 3. The molecule has 3 aliphatic rings. The van der Waals surface area contributed by atoms with Gasteiger partial charge in [0.15, 0.2) is 0 Å². The van der Waals surface area contributed by atoms with Gasteiger partial charge < -0.3 is 20.1 Å². The molecule has 2 heterocycles. The van der Waals surface area contributed by atoms with E-state index in [0.29, 0.717) is 43.6 Å². The van der Waals surface area contributed by atoms with E-state index in [1.807, 2.05) is 0 Å². The fourth-order valence-corrected chi connectivity index (χ4v) is 7.14. The molecule has 2 saturated carbocycles. The molecule has 3 fully saturated rings. The van der Waals surface area contributed by atoms with Gasteiger partial charge in [-0.05, 0) is 65.0 Å². The van der Waals surface area contributed by atoms with Crippen molar-refractivity contribution >= 4 is 23.5 Å². The largest absolute Gasteiger partial charge is 0.633 e. The number of hydrogen-bond donors (Lipinski definition) is 2. The molecule has 1 aromatic heterocycles. The fourth-order valence-electron chi connectivity index (χ4n) is 6.98. The van der Waals surface area contributed by atoms with Crippen LogP contribution in [0.4, 0.5) is 11.9 Å². The predicted octanol–water partition coefficient (Wildman–Crippen LogP) is 5.27. The Hall–Kier alpha value is -1.22. The van der Waals surface area contributed by atoms with Crippen molar-refractivity contribution in [2.45, 2.75) is 121 Å². The van der Waals surface area contributed by atoms with Crippen molar-refractivity contribution in [3.8, 4) is 0 Å². The van der Waals surface area contributed by atoms with E-state index >= 15 is 0 Å². The molecule has 4 rings (SSSR count). The Balaban J connectivity index is 1.48. The van der Waals surface area contributed by atoms with Gasteiger partial charge in [-0.15, -0.1) is 0 Å². The summed E-state index contributed by atoms with van der Waals surface area (Å²) in [5, 5.41) is 21.2. The fraction of sp³-hybridized carbons (Fsp3) is 0.885. The monoisotopic (exact) mass is 507 g/mol. The van der Waals surface area contributed by atoms with Crippen molar-refractivity contribution in [2.75, 3.05) is 36.4 Å². The van der Waals surface area contributed by atoms with E-state index < -0.39 is 0 Å². The van der Waals surface area contributed by atoms with Crippen LogP contribution in [0.2, 0.25) is 5.28 Å². The van der Waals surface area contributed by atoms with Crippen molar-refractivity contribution in [3.05, 3.63) is 10.5 Å². The van der Waals surface area contributed by atoms with Crippen LogP contribution < -0.4 is 15.5 Å². The minimum absolute atomic E-state index is 0.155. The summed E-state index contributed by atoms with van der Waals surface area (Å²) < 4.78 is -0.155. The molecule has 0 aromatic carbocycles. The van der Waals surface area contributed by atoms with Crippen molar-refractivity contribution in [1.29, 1.82) is 0 Å². The summed E-state index contributed by atoms with van der Waals surface area (Å²) in [7, 11) is 0. The molecule has 8 nitrogen and oxygen atoms in total. The highest BCUT2D eigenvalue weighted by atomic mass is 35.5. The predicted molar refractivity (Wildman–Crippen MR) is 144 cm³/mol. The second-order valence-corrected chi connectivity index (χ2v) is 12.9. The number of rotatable bonds is 8. The lowest BCUT2D eigenvalue weighted by Crippen LogP contribution is -2.72. The third-order valence-electron chi connectivity index (χ3n) is 7.82. The number of anilines is 2. The minimum atomic E-state index is -0.173. The average molecular weight is 508 g/mol. The van der Waals surface area contributed by atoms with Crippen molar-refractivity contribution in [2.24, 2.45) is 0 Å². The van der Waals surface area contributed by atoms with Crippen LogP contribution in [-0.4, -0.2) is 68.9 Å². The molecule has 198 valence electrons. The number of halogens is 1. The average Bonchev–Trinajstić information content (AvgIpc) is 2.75. The number of nitrogens with one attached hydrogen (secondary N) is 2. The lowest BCUT2D eigenvalue weighted by molar-refractivity contribution is -0.894. The summed E-state index contributed by atoms with van der Waals surface area (Å²) in [5.74, 6) is 1.25. The first-order valence-corrected chi connectivity index (χ1v) is 14.2. The van der Waals surface area contributed by atoms with Gasteiger partial charge in [0, 0.05) is 25.0 Å². The van der Waals surface area contributed by atoms with Gasteiger partial charge in [-0.3, -0.25) is 5.32 Å². The summed E-state index contributed by atoms with van der Waals surface area (Å²) in [4.78, 5) is 16.1. The van der Waals surface area contributed by atoms with Crippen molar-refractivity contribution in [3.63, 3.8) is 0 Å². The van der Waals surface area contributed by atoms with Crippen LogP contribution in [0.15, 0.2) is 0 Å². The second-order valence-electron chi connectivity index (χ2n) is 12.5. The summed E-state index contributed by atoms with van der Waals surface area (Å²) in [6.45, 7) is 11.1. The molecule has 0 spiro atoms. The number of aromatic nitrogens is 3. The summed E-state index contributed by atoms with van der Waals surface area (Å²) in [6.07, 6.45) is 12.9.